The maximum Gasteiger partial charge on any atom is 0.249 e. The van der Waals surface area contributed by atoms with Crippen LogP contribution in [0.15, 0.2) is 79.1 Å². The number of aliphatic hydroxyl groups excluding tert-OH is 1. The molecule has 0 bridgehead atoms. The molecule has 3 rings (SSSR count). The summed E-state index contributed by atoms with van der Waals surface area (Å²) in [5.41, 5.74) is 3.56. The van der Waals surface area contributed by atoms with Crippen LogP contribution >= 0.6 is 24.8 Å². The smallest absolute Gasteiger partial charge is 0.249 e. The van der Waals surface area contributed by atoms with Crippen molar-refractivity contribution in [2.24, 2.45) is 0 Å². The number of aliphatic hydroxyl groups is 1. The molecule has 27 heavy (non-hydrogen) atoms. The fourth-order valence-corrected chi connectivity index (χ4v) is 2.45. The molecule has 142 valence electrons. The second-order valence-corrected chi connectivity index (χ2v) is 5.55. The van der Waals surface area contributed by atoms with Gasteiger partial charge in [-0.05, 0) is 47.5 Å². The minimum absolute atomic E-state index is 0. The van der Waals surface area contributed by atoms with Crippen LogP contribution in [0.2, 0.25) is 0 Å². The largest absolute Gasteiger partial charge is 0.394 e. The third-order valence-electron chi connectivity index (χ3n) is 3.78. The molecule has 0 unspecified atom stereocenters. The standard InChI is InChI=1S/C20H19N3O2.2ClH/c24-14-19(22-17-4-2-1-3-5-17)20(25)23-18-8-6-15(7-9-18)16-10-12-21-13-11-16;;/h1-13,19,22,24H,14H2,(H,23,25);2*1H/t19-;;/m0../s1. The molecule has 1 aromatic heterocycles. The fraction of sp³-hybridized carbons (Fsp3) is 0.100. The van der Waals surface area contributed by atoms with E-state index in [1.165, 1.54) is 0 Å². The maximum absolute atomic E-state index is 12.4. The number of pyridine rings is 1. The van der Waals surface area contributed by atoms with Crippen LogP contribution in [0.1, 0.15) is 0 Å². The van der Waals surface area contributed by atoms with E-state index in [4.69, 9.17) is 0 Å². The van der Waals surface area contributed by atoms with Crippen LogP contribution < -0.4 is 10.6 Å². The molecule has 7 heteroatoms. The lowest BCUT2D eigenvalue weighted by Crippen LogP contribution is -2.37. The van der Waals surface area contributed by atoms with Crippen molar-refractivity contribution in [2.75, 3.05) is 17.2 Å². The lowest BCUT2D eigenvalue weighted by Gasteiger charge is -2.17. The van der Waals surface area contributed by atoms with Crippen LogP contribution in [0.5, 0.6) is 0 Å². The highest BCUT2D eigenvalue weighted by atomic mass is 35.5. The molecular weight excluding hydrogens is 385 g/mol. The zero-order valence-corrected chi connectivity index (χ0v) is 16.0. The van der Waals surface area contributed by atoms with Crippen LogP contribution in [0.25, 0.3) is 11.1 Å². The third kappa shape index (κ3) is 6.25. The van der Waals surface area contributed by atoms with E-state index in [0.717, 1.165) is 16.8 Å². The SMILES string of the molecule is Cl.Cl.O=C(Nc1ccc(-c2ccncc2)cc1)[C@H](CO)Nc1ccccc1. The van der Waals surface area contributed by atoms with Crippen molar-refractivity contribution in [3.63, 3.8) is 0 Å². The van der Waals surface area contributed by atoms with Crippen molar-refractivity contribution in [1.29, 1.82) is 0 Å². The molecule has 2 aromatic carbocycles. The predicted octanol–water partition coefficient (Wildman–Crippen LogP) is 4.00. The summed E-state index contributed by atoms with van der Waals surface area (Å²) < 4.78 is 0. The molecule has 0 saturated carbocycles. The quantitative estimate of drug-likeness (QED) is 0.579. The van der Waals surface area contributed by atoms with Gasteiger partial charge in [-0.25, -0.2) is 0 Å². The summed E-state index contributed by atoms with van der Waals surface area (Å²) in [7, 11) is 0. The molecule has 0 aliphatic rings. The average molecular weight is 406 g/mol. The summed E-state index contributed by atoms with van der Waals surface area (Å²) in [5, 5.41) is 15.3. The predicted molar refractivity (Wildman–Crippen MR) is 114 cm³/mol. The van der Waals surface area contributed by atoms with Gasteiger partial charge in [-0.3, -0.25) is 9.78 Å². The highest BCUT2D eigenvalue weighted by molar-refractivity contribution is 5.96. The summed E-state index contributed by atoms with van der Waals surface area (Å²) in [6.07, 6.45) is 3.48. The number of nitrogens with zero attached hydrogens (tertiary/aromatic N) is 1. The second kappa shape index (κ2) is 11.2. The molecule has 0 aliphatic carbocycles. The number of benzene rings is 2. The Morgan fingerprint density at radius 2 is 1.44 bits per heavy atom. The van der Waals surface area contributed by atoms with Gasteiger partial charge in [0.15, 0.2) is 0 Å². The Balaban J connectivity index is 0.00000182. The molecule has 1 amide bonds. The van der Waals surface area contributed by atoms with Gasteiger partial charge in [0.2, 0.25) is 5.91 Å². The summed E-state index contributed by atoms with van der Waals surface area (Å²) in [6, 6.07) is 20.0. The van der Waals surface area contributed by atoms with Gasteiger partial charge in [0.1, 0.15) is 6.04 Å². The molecule has 0 saturated heterocycles. The average Bonchev–Trinajstić information content (AvgIpc) is 2.68. The van der Waals surface area contributed by atoms with E-state index in [9.17, 15) is 9.90 Å². The molecule has 0 radical (unpaired) electrons. The van der Waals surface area contributed by atoms with Crippen molar-refractivity contribution in [3.8, 4) is 11.1 Å². The minimum atomic E-state index is -0.720. The Hall–Kier alpha value is -2.60. The van der Waals surface area contributed by atoms with Crippen LogP contribution in [0.4, 0.5) is 11.4 Å². The molecular formula is C20H21Cl2N3O2. The number of carbonyl (C=O) groups is 1. The Kier molecular flexibility index (Phi) is 9.30. The van der Waals surface area contributed by atoms with Gasteiger partial charge in [-0.15, -0.1) is 24.8 Å². The van der Waals surface area contributed by atoms with Crippen LogP contribution in [0.3, 0.4) is 0 Å². The number of hydrogen-bond acceptors (Lipinski definition) is 4. The van der Waals surface area contributed by atoms with E-state index >= 15 is 0 Å². The molecule has 3 aromatic rings. The topological polar surface area (TPSA) is 74.2 Å². The molecule has 1 atom stereocenters. The number of aromatic nitrogens is 1. The molecule has 1 heterocycles. The number of hydrogen-bond donors (Lipinski definition) is 3. The fourth-order valence-electron chi connectivity index (χ4n) is 2.45. The van der Waals surface area contributed by atoms with E-state index in [0.29, 0.717) is 5.69 Å². The normalized spacial score (nSPS) is 10.7. The lowest BCUT2D eigenvalue weighted by molar-refractivity contribution is -0.117. The van der Waals surface area contributed by atoms with Crippen LogP contribution in [-0.4, -0.2) is 28.6 Å². The first-order chi connectivity index (χ1) is 12.3. The van der Waals surface area contributed by atoms with Crippen molar-refractivity contribution in [3.05, 3.63) is 79.1 Å². The Morgan fingerprint density at radius 1 is 0.852 bits per heavy atom. The highest BCUT2D eigenvalue weighted by Gasteiger charge is 2.17. The number of halogens is 2. The van der Waals surface area contributed by atoms with Crippen molar-refractivity contribution >= 4 is 42.1 Å². The first-order valence-corrected chi connectivity index (χ1v) is 8.00. The van der Waals surface area contributed by atoms with Crippen LogP contribution in [0, 0.1) is 0 Å². The first-order valence-electron chi connectivity index (χ1n) is 8.00. The number of amides is 1. The van der Waals surface area contributed by atoms with Crippen molar-refractivity contribution in [2.45, 2.75) is 6.04 Å². The molecule has 0 spiro atoms. The monoisotopic (exact) mass is 405 g/mol. The number of para-hydroxylation sites is 1. The van der Waals surface area contributed by atoms with E-state index in [1.54, 1.807) is 12.4 Å². The number of carbonyl (C=O) groups excluding carboxylic acids is 1. The summed E-state index contributed by atoms with van der Waals surface area (Å²) >= 11 is 0. The number of anilines is 2. The minimum Gasteiger partial charge on any atom is -0.394 e. The van der Waals surface area contributed by atoms with E-state index in [-0.39, 0.29) is 37.3 Å². The summed E-state index contributed by atoms with van der Waals surface area (Å²) in [6.45, 7) is -0.296. The highest BCUT2D eigenvalue weighted by Crippen LogP contribution is 2.20. The molecule has 3 N–H and O–H groups in total. The number of nitrogens with one attached hydrogen (secondary N) is 2. The van der Waals surface area contributed by atoms with Gasteiger partial charge in [-0.2, -0.15) is 0 Å². The number of rotatable bonds is 6. The summed E-state index contributed by atoms with van der Waals surface area (Å²) in [4.78, 5) is 16.4. The summed E-state index contributed by atoms with van der Waals surface area (Å²) in [5.74, 6) is -0.289. The molecule has 0 aliphatic heterocycles. The van der Waals surface area contributed by atoms with Gasteiger partial charge in [-0.1, -0.05) is 30.3 Å². The van der Waals surface area contributed by atoms with Crippen molar-refractivity contribution in [1.82, 2.24) is 4.98 Å². The Labute approximate surface area is 170 Å². The third-order valence-corrected chi connectivity index (χ3v) is 3.78. The second-order valence-electron chi connectivity index (χ2n) is 5.55. The van der Waals surface area contributed by atoms with Crippen LogP contribution in [-0.2, 0) is 4.79 Å². The Morgan fingerprint density at radius 3 is 2.04 bits per heavy atom. The van der Waals surface area contributed by atoms with E-state index < -0.39 is 6.04 Å². The van der Waals surface area contributed by atoms with Gasteiger partial charge in [0.25, 0.3) is 0 Å². The van der Waals surface area contributed by atoms with Gasteiger partial charge < -0.3 is 15.7 Å². The zero-order chi connectivity index (χ0) is 17.5. The van der Waals surface area contributed by atoms with E-state index in [1.807, 2.05) is 66.7 Å². The molecule has 5 nitrogen and oxygen atoms in total. The van der Waals surface area contributed by atoms with Crippen molar-refractivity contribution < 1.29 is 9.90 Å². The lowest BCUT2D eigenvalue weighted by atomic mass is 10.1. The van der Waals surface area contributed by atoms with E-state index in [2.05, 4.69) is 15.6 Å². The first kappa shape index (κ1) is 22.4. The zero-order valence-electron chi connectivity index (χ0n) is 14.4. The van der Waals surface area contributed by atoms with Gasteiger partial charge in [0, 0.05) is 23.8 Å². The van der Waals surface area contributed by atoms with Gasteiger partial charge >= 0.3 is 0 Å². The van der Waals surface area contributed by atoms with Gasteiger partial charge in [0.05, 0.1) is 6.61 Å². The Bertz CT molecular complexity index is 816. The maximum atomic E-state index is 12.4. The molecule has 0 fully saturated rings.